The lowest BCUT2D eigenvalue weighted by Crippen LogP contribution is -2.41. The highest BCUT2D eigenvalue weighted by Crippen LogP contribution is 2.22. The average Bonchev–Trinajstić information content (AvgIpc) is 2.61. The molecular formula is C12H13ClFNO3S2. The molecule has 110 valence electrons. The molecule has 0 spiro atoms. The van der Waals surface area contributed by atoms with E-state index in [0.29, 0.717) is 4.90 Å². The maximum absolute atomic E-state index is 13.4. The molecule has 1 heterocycles. The molecule has 1 saturated heterocycles. The minimum absolute atomic E-state index is 0.0150. The van der Waals surface area contributed by atoms with Gasteiger partial charge in [-0.15, -0.1) is 23.4 Å². The number of carbonyl (C=O) groups excluding carboxylic acids is 1. The van der Waals surface area contributed by atoms with Gasteiger partial charge in [-0.1, -0.05) is 12.1 Å². The predicted octanol–water partition coefficient (Wildman–Crippen LogP) is 1.44. The first kappa shape index (κ1) is 15.6. The number of thioether (sulfide) groups is 1. The van der Waals surface area contributed by atoms with Gasteiger partial charge >= 0.3 is 0 Å². The second-order valence-electron chi connectivity index (χ2n) is 4.49. The SMILES string of the molecule is O=C(CSc1ccccc1F)N[C@@H]1CS(=O)(=O)C[C@H]1Cl. The van der Waals surface area contributed by atoms with Crippen LogP contribution in [0.5, 0.6) is 0 Å². The smallest absolute Gasteiger partial charge is 0.230 e. The van der Waals surface area contributed by atoms with Gasteiger partial charge in [0.25, 0.3) is 0 Å². The van der Waals surface area contributed by atoms with Crippen LogP contribution in [0.25, 0.3) is 0 Å². The zero-order valence-corrected chi connectivity index (χ0v) is 12.8. The molecule has 0 bridgehead atoms. The quantitative estimate of drug-likeness (QED) is 0.667. The topological polar surface area (TPSA) is 63.2 Å². The summed E-state index contributed by atoms with van der Waals surface area (Å²) in [5.41, 5.74) is 0. The van der Waals surface area contributed by atoms with Crippen molar-refractivity contribution in [1.82, 2.24) is 5.32 Å². The normalized spacial score (nSPS) is 24.5. The second-order valence-corrected chi connectivity index (χ2v) is 8.22. The van der Waals surface area contributed by atoms with E-state index in [1.54, 1.807) is 18.2 Å². The van der Waals surface area contributed by atoms with Gasteiger partial charge in [0.1, 0.15) is 5.82 Å². The van der Waals surface area contributed by atoms with E-state index in [1.165, 1.54) is 6.07 Å². The maximum atomic E-state index is 13.4. The van der Waals surface area contributed by atoms with Crippen LogP contribution in [0, 0.1) is 5.82 Å². The molecule has 1 fully saturated rings. The van der Waals surface area contributed by atoms with Crippen LogP contribution in [-0.4, -0.2) is 43.0 Å². The van der Waals surface area contributed by atoms with Crippen molar-refractivity contribution >= 4 is 39.1 Å². The second kappa shape index (κ2) is 6.32. The molecule has 1 aliphatic heterocycles. The van der Waals surface area contributed by atoms with E-state index >= 15 is 0 Å². The Labute approximate surface area is 126 Å². The number of amides is 1. The van der Waals surface area contributed by atoms with Crippen molar-refractivity contribution in [3.63, 3.8) is 0 Å². The van der Waals surface area contributed by atoms with Gasteiger partial charge in [0, 0.05) is 4.90 Å². The maximum Gasteiger partial charge on any atom is 0.230 e. The standard InChI is InChI=1S/C12H13ClFNO3S2/c13-8-6-20(17,18)7-10(8)15-12(16)5-19-11-4-2-1-3-9(11)14/h1-4,8,10H,5-7H2,(H,15,16)/t8-,10-/m1/s1. The first-order valence-corrected chi connectivity index (χ1v) is 9.13. The summed E-state index contributed by atoms with van der Waals surface area (Å²) in [5, 5.41) is 1.97. The number of rotatable bonds is 4. The Hall–Kier alpha value is -0.790. The van der Waals surface area contributed by atoms with E-state index in [2.05, 4.69) is 5.32 Å². The fraction of sp³-hybridized carbons (Fsp3) is 0.417. The van der Waals surface area contributed by atoms with Gasteiger partial charge in [0.2, 0.25) is 5.91 Å². The van der Waals surface area contributed by atoms with Gasteiger partial charge in [-0.2, -0.15) is 0 Å². The molecule has 0 aromatic heterocycles. The zero-order valence-electron chi connectivity index (χ0n) is 10.4. The van der Waals surface area contributed by atoms with Crippen LogP contribution in [-0.2, 0) is 14.6 Å². The Morgan fingerprint density at radius 2 is 2.10 bits per heavy atom. The average molecular weight is 338 g/mol. The first-order valence-electron chi connectivity index (χ1n) is 5.88. The van der Waals surface area contributed by atoms with Crippen molar-refractivity contribution < 1.29 is 17.6 Å². The highest BCUT2D eigenvalue weighted by molar-refractivity contribution is 8.00. The number of sulfone groups is 1. The lowest BCUT2D eigenvalue weighted by atomic mass is 10.2. The van der Waals surface area contributed by atoms with Crippen molar-refractivity contribution in [3.8, 4) is 0 Å². The highest BCUT2D eigenvalue weighted by Gasteiger charge is 2.37. The van der Waals surface area contributed by atoms with Crippen molar-refractivity contribution in [2.24, 2.45) is 0 Å². The monoisotopic (exact) mass is 337 g/mol. The Balaban J connectivity index is 1.86. The van der Waals surface area contributed by atoms with Crippen LogP contribution < -0.4 is 5.32 Å². The molecule has 0 aliphatic carbocycles. The van der Waals surface area contributed by atoms with Crippen LogP contribution in [0.4, 0.5) is 4.39 Å². The molecule has 20 heavy (non-hydrogen) atoms. The summed E-state index contributed by atoms with van der Waals surface area (Å²) in [6, 6.07) is 5.58. The lowest BCUT2D eigenvalue weighted by Gasteiger charge is -2.14. The summed E-state index contributed by atoms with van der Waals surface area (Å²) >= 11 is 6.95. The van der Waals surface area contributed by atoms with Gasteiger partial charge in [0.05, 0.1) is 28.7 Å². The zero-order chi connectivity index (χ0) is 14.8. The van der Waals surface area contributed by atoms with E-state index in [-0.39, 0.29) is 29.0 Å². The van der Waals surface area contributed by atoms with E-state index in [4.69, 9.17) is 11.6 Å². The summed E-state index contributed by atoms with van der Waals surface area (Å²) < 4.78 is 36.1. The summed E-state index contributed by atoms with van der Waals surface area (Å²) in [5.74, 6) is -0.992. The van der Waals surface area contributed by atoms with E-state index in [0.717, 1.165) is 11.8 Å². The number of carbonyl (C=O) groups is 1. The minimum atomic E-state index is -3.18. The van der Waals surface area contributed by atoms with E-state index in [1.807, 2.05) is 0 Å². The van der Waals surface area contributed by atoms with Crippen molar-refractivity contribution in [1.29, 1.82) is 0 Å². The third kappa shape index (κ3) is 4.10. The Bertz CT molecular complexity index is 608. The molecule has 8 heteroatoms. The number of nitrogens with one attached hydrogen (secondary N) is 1. The molecule has 0 saturated carbocycles. The number of alkyl halides is 1. The Kier molecular flexibility index (Phi) is 4.93. The molecule has 1 N–H and O–H groups in total. The molecule has 4 nitrogen and oxygen atoms in total. The molecule has 1 aliphatic rings. The van der Waals surface area contributed by atoms with Gasteiger partial charge in [-0.25, -0.2) is 12.8 Å². The molecule has 2 atom stereocenters. The third-order valence-electron chi connectivity index (χ3n) is 2.83. The minimum Gasteiger partial charge on any atom is -0.350 e. The summed E-state index contributed by atoms with van der Waals surface area (Å²) in [4.78, 5) is 12.1. The molecular weight excluding hydrogens is 325 g/mol. The van der Waals surface area contributed by atoms with Crippen LogP contribution in [0.2, 0.25) is 0 Å². The van der Waals surface area contributed by atoms with Crippen molar-refractivity contribution in [2.75, 3.05) is 17.3 Å². The van der Waals surface area contributed by atoms with Crippen LogP contribution in [0.3, 0.4) is 0 Å². The van der Waals surface area contributed by atoms with E-state index in [9.17, 15) is 17.6 Å². The lowest BCUT2D eigenvalue weighted by molar-refractivity contribution is -0.119. The fourth-order valence-corrected chi connectivity index (χ4v) is 5.19. The van der Waals surface area contributed by atoms with Crippen LogP contribution in [0.1, 0.15) is 0 Å². The van der Waals surface area contributed by atoms with Gasteiger partial charge in [0.15, 0.2) is 9.84 Å². The summed E-state index contributed by atoms with van der Waals surface area (Å²) in [6.45, 7) is 0. The highest BCUT2D eigenvalue weighted by atomic mass is 35.5. The third-order valence-corrected chi connectivity index (χ3v) is 6.25. The first-order chi connectivity index (χ1) is 9.37. The fourth-order valence-electron chi connectivity index (χ4n) is 1.89. The molecule has 1 amide bonds. The van der Waals surface area contributed by atoms with Gasteiger partial charge in [-0.3, -0.25) is 4.79 Å². The molecule has 2 rings (SSSR count). The van der Waals surface area contributed by atoms with Crippen LogP contribution >= 0.6 is 23.4 Å². The number of halogens is 2. The van der Waals surface area contributed by atoms with Gasteiger partial charge < -0.3 is 5.32 Å². The van der Waals surface area contributed by atoms with Gasteiger partial charge in [-0.05, 0) is 12.1 Å². The number of hydrogen-bond acceptors (Lipinski definition) is 4. The Morgan fingerprint density at radius 1 is 1.40 bits per heavy atom. The molecule has 1 aromatic rings. The molecule has 1 aromatic carbocycles. The molecule has 0 radical (unpaired) electrons. The summed E-state index contributed by atoms with van der Waals surface area (Å²) in [6.07, 6.45) is 0. The number of benzene rings is 1. The predicted molar refractivity (Wildman–Crippen MR) is 77.3 cm³/mol. The van der Waals surface area contributed by atoms with Crippen LogP contribution in [0.15, 0.2) is 29.2 Å². The largest absolute Gasteiger partial charge is 0.350 e. The summed E-state index contributed by atoms with van der Waals surface area (Å²) in [7, 11) is -3.18. The Morgan fingerprint density at radius 3 is 2.70 bits per heavy atom. The number of hydrogen-bond donors (Lipinski definition) is 1. The van der Waals surface area contributed by atoms with E-state index < -0.39 is 21.3 Å². The van der Waals surface area contributed by atoms with Crippen molar-refractivity contribution in [3.05, 3.63) is 30.1 Å². The van der Waals surface area contributed by atoms with Crippen molar-refractivity contribution in [2.45, 2.75) is 16.3 Å². The molecule has 0 unspecified atom stereocenters.